The minimum absolute atomic E-state index is 0.264. The maximum Gasteiger partial charge on any atom is 0.149 e. The molecule has 0 fully saturated rings. The molecule has 2 heterocycles. The van der Waals surface area contributed by atoms with Gasteiger partial charge < -0.3 is 0 Å². The molecule has 0 aliphatic heterocycles. The van der Waals surface area contributed by atoms with Gasteiger partial charge in [0, 0.05) is 23.3 Å². The van der Waals surface area contributed by atoms with Gasteiger partial charge in [-0.25, -0.2) is 14.4 Å². The van der Waals surface area contributed by atoms with Crippen LogP contribution in [-0.2, 0) is 6.54 Å². The summed E-state index contributed by atoms with van der Waals surface area (Å²) < 4.78 is 16.3. The Hall–Kier alpha value is -1.57. The van der Waals surface area contributed by atoms with Gasteiger partial charge in [-0.2, -0.15) is 5.10 Å². The van der Waals surface area contributed by atoms with Crippen molar-refractivity contribution in [3.8, 4) is 0 Å². The molecule has 0 aliphatic carbocycles. The molecule has 6 heteroatoms. The number of hydrogen-bond donors (Lipinski definition) is 0. The molecule has 0 unspecified atom stereocenters. The third-order valence-electron chi connectivity index (χ3n) is 2.62. The van der Waals surface area contributed by atoms with Crippen molar-refractivity contribution >= 4 is 33.5 Å². The van der Waals surface area contributed by atoms with Gasteiger partial charge in [0.15, 0.2) is 0 Å². The van der Waals surface area contributed by atoms with E-state index in [2.05, 4.69) is 37.7 Å². The van der Waals surface area contributed by atoms with Crippen LogP contribution in [0.4, 0.5) is 4.39 Å². The standard InChI is InChI=1S/C12H8FIN4/c13-10-3-1-2-9-11(10)18(17-12(9)14)6-8-4-15-7-16-5-8/h1-5,7H,6H2. The number of rotatable bonds is 2. The highest BCUT2D eigenvalue weighted by Gasteiger charge is 2.12. The molecule has 3 aromatic rings. The van der Waals surface area contributed by atoms with Gasteiger partial charge in [0.05, 0.1) is 6.54 Å². The zero-order valence-corrected chi connectivity index (χ0v) is 11.4. The molecule has 1 aromatic carbocycles. The first kappa shape index (κ1) is 11.5. The average molecular weight is 354 g/mol. The molecule has 0 atom stereocenters. The molecular formula is C12H8FIN4. The summed E-state index contributed by atoms with van der Waals surface area (Å²) in [7, 11) is 0. The second-order valence-corrected chi connectivity index (χ2v) is 4.85. The summed E-state index contributed by atoms with van der Waals surface area (Å²) in [5, 5.41) is 5.18. The van der Waals surface area contributed by atoms with Gasteiger partial charge in [0.25, 0.3) is 0 Å². The topological polar surface area (TPSA) is 43.6 Å². The molecule has 2 aromatic heterocycles. The van der Waals surface area contributed by atoms with E-state index in [0.717, 1.165) is 14.7 Å². The summed E-state index contributed by atoms with van der Waals surface area (Å²) in [5.74, 6) is -0.264. The molecule has 0 saturated carbocycles. The van der Waals surface area contributed by atoms with Gasteiger partial charge in [0.2, 0.25) is 0 Å². The Balaban J connectivity index is 2.13. The summed E-state index contributed by atoms with van der Waals surface area (Å²) in [5.41, 5.74) is 1.41. The van der Waals surface area contributed by atoms with Gasteiger partial charge >= 0.3 is 0 Å². The van der Waals surface area contributed by atoms with E-state index < -0.39 is 0 Å². The van der Waals surface area contributed by atoms with E-state index in [4.69, 9.17) is 0 Å². The lowest BCUT2D eigenvalue weighted by molar-refractivity contribution is 0.614. The van der Waals surface area contributed by atoms with Crippen molar-refractivity contribution in [2.75, 3.05) is 0 Å². The maximum atomic E-state index is 13.9. The van der Waals surface area contributed by atoms with Crippen LogP contribution in [-0.4, -0.2) is 19.7 Å². The highest BCUT2D eigenvalue weighted by atomic mass is 127. The van der Waals surface area contributed by atoms with Crippen LogP contribution in [0.15, 0.2) is 36.9 Å². The molecule has 0 spiro atoms. The summed E-state index contributed by atoms with van der Waals surface area (Å²) in [6, 6.07) is 5.00. The van der Waals surface area contributed by atoms with Gasteiger partial charge in [0.1, 0.15) is 21.4 Å². The first-order chi connectivity index (χ1) is 8.75. The van der Waals surface area contributed by atoms with Crippen molar-refractivity contribution in [1.82, 2.24) is 19.7 Å². The molecule has 0 N–H and O–H groups in total. The van der Waals surface area contributed by atoms with Crippen LogP contribution >= 0.6 is 22.6 Å². The Bertz CT molecular complexity index is 696. The molecule has 3 rings (SSSR count). The van der Waals surface area contributed by atoms with Crippen molar-refractivity contribution in [2.24, 2.45) is 0 Å². The Kier molecular flexibility index (Phi) is 2.94. The van der Waals surface area contributed by atoms with E-state index in [9.17, 15) is 4.39 Å². The van der Waals surface area contributed by atoms with Crippen molar-refractivity contribution in [3.05, 3.63) is 52.0 Å². The molecule has 0 amide bonds. The highest BCUT2D eigenvalue weighted by Crippen LogP contribution is 2.23. The molecule has 0 radical (unpaired) electrons. The third kappa shape index (κ3) is 1.96. The van der Waals surface area contributed by atoms with E-state index in [1.165, 1.54) is 12.4 Å². The summed E-state index contributed by atoms with van der Waals surface area (Å²) in [6.07, 6.45) is 4.87. The molecule has 18 heavy (non-hydrogen) atoms. The second-order valence-electron chi connectivity index (χ2n) is 3.83. The Morgan fingerprint density at radius 1 is 1.22 bits per heavy atom. The molecule has 0 bridgehead atoms. The lowest BCUT2D eigenvalue weighted by Crippen LogP contribution is -2.03. The van der Waals surface area contributed by atoms with Crippen LogP contribution in [0.5, 0.6) is 0 Å². The second kappa shape index (κ2) is 4.60. The highest BCUT2D eigenvalue weighted by molar-refractivity contribution is 14.1. The number of halogens is 2. The fraction of sp³-hybridized carbons (Fsp3) is 0.0833. The van der Waals surface area contributed by atoms with E-state index >= 15 is 0 Å². The zero-order valence-electron chi connectivity index (χ0n) is 9.22. The average Bonchev–Trinajstić information content (AvgIpc) is 2.69. The van der Waals surface area contributed by atoms with Gasteiger partial charge in [-0.15, -0.1) is 0 Å². The number of hydrogen-bond acceptors (Lipinski definition) is 3. The van der Waals surface area contributed by atoms with Crippen LogP contribution in [0.25, 0.3) is 10.9 Å². The molecule has 90 valence electrons. The van der Waals surface area contributed by atoms with E-state index in [1.54, 1.807) is 23.1 Å². The van der Waals surface area contributed by atoms with Crippen LogP contribution in [0, 0.1) is 9.52 Å². The zero-order chi connectivity index (χ0) is 12.5. The van der Waals surface area contributed by atoms with Crippen molar-refractivity contribution in [1.29, 1.82) is 0 Å². The van der Waals surface area contributed by atoms with Crippen molar-refractivity contribution in [2.45, 2.75) is 6.54 Å². The normalized spacial score (nSPS) is 11.0. The summed E-state index contributed by atoms with van der Waals surface area (Å²) in [6.45, 7) is 0.460. The predicted octanol–water partition coefficient (Wildman–Crippen LogP) is 2.62. The smallest absolute Gasteiger partial charge is 0.149 e. The first-order valence-corrected chi connectivity index (χ1v) is 6.38. The number of para-hydroxylation sites is 1. The predicted molar refractivity (Wildman–Crippen MR) is 73.5 cm³/mol. The minimum Gasteiger partial charge on any atom is -0.256 e. The van der Waals surface area contributed by atoms with Crippen LogP contribution in [0.2, 0.25) is 0 Å². The quantitative estimate of drug-likeness (QED) is 0.665. The Morgan fingerprint density at radius 2 is 2.00 bits per heavy atom. The number of nitrogens with zero attached hydrogens (tertiary/aromatic N) is 4. The monoisotopic (exact) mass is 354 g/mol. The van der Waals surface area contributed by atoms with Gasteiger partial charge in [-0.05, 0) is 34.7 Å². The molecule has 0 aliphatic rings. The van der Waals surface area contributed by atoms with Crippen LogP contribution < -0.4 is 0 Å². The number of fused-ring (bicyclic) bond motifs is 1. The first-order valence-electron chi connectivity index (χ1n) is 5.30. The van der Waals surface area contributed by atoms with Crippen molar-refractivity contribution in [3.63, 3.8) is 0 Å². The van der Waals surface area contributed by atoms with Crippen LogP contribution in [0.3, 0.4) is 0 Å². The van der Waals surface area contributed by atoms with Gasteiger partial charge in [-0.3, -0.25) is 4.68 Å². The van der Waals surface area contributed by atoms with Gasteiger partial charge in [-0.1, -0.05) is 6.07 Å². The lowest BCUT2D eigenvalue weighted by Gasteiger charge is -2.03. The summed E-state index contributed by atoms with van der Waals surface area (Å²) >= 11 is 2.11. The van der Waals surface area contributed by atoms with E-state index in [-0.39, 0.29) is 5.82 Å². The molecule has 4 nitrogen and oxygen atoms in total. The lowest BCUT2D eigenvalue weighted by atomic mass is 10.2. The Morgan fingerprint density at radius 3 is 2.78 bits per heavy atom. The maximum absolute atomic E-state index is 13.9. The third-order valence-corrected chi connectivity index (χ3v) is 3.42. The molecule has 0 saturated heterocycles. The Labute approximate surface area is 116 Å². The summed E-state index contributed by atoms with van der Waals surface area (Å²) in [4.78, 5) is 7.88. The van der Waals surface area contributed by atoms with Crippen LogP contribution in [0.1, 0.15) is 5.56 Å². The number of aromatic nitrogens is 4. The fourth-order valence-electron chi connectivity index (χ4n) is 1.85. The fourth-order valence-corrected chi connectivity index (χ4v) is 2.55. The van der Waals surface area contributed by atoms with E-state index in [0.29, 0.717) is 12.1 Å². The molecular weight excluding hydrogens is 346 g/mol. The minimum atomic E-state index is -0.264. The number of benzene rings is 1. The van der Waals surface area contributed by atoms with E-state index in [1.807, 2.05) is 6.07 Å². The SMILES string of the molecule is Fc1cccc2c(I)nn(Cc3cncnc3)c12. The van der Waals surface area contributed by atoms with Crippen molar-refractivity contribution < 1.29 is 4.39 Å². The largest absolute Gasteiger partial charge is 0.256 e.